The maximum Gasteiger partial charge on any atom is 0.172 e. The summed E-state index contributed by atoms with van der Waals surface area (Å²) < 4.78 is 5.15. The van der Waals surface area contributed by atoms with Crippen LogP contribution in [0.1, 0.15) is 27.7 Å². The molecule has 0 spiro atoms. The second kappa shape index (κ2) is 6.14. The van der Waals surface area contributed by atoms with E-state index in [-0.39, 0.29) is 18.5 Å². The maximum absolute atomic E-state index is 11.1. The van der Waals surface area contributed by atoms with Gasteiger partial charge in [0.15, 0.2) is 5.78 Å². The van der Waals surface area contributed by atoms with E-state index in [4.69, 9.17) is 4.74 Å². The molecule has 0 aromatic carbocycles. The average molecular weight is 173 g/mol. The SMILES string of the molecule is CC(C)NCC(=O)COC(C)C. The van der Waals surface area contributed by atoms with E-state index in [1.165, 1.54) is 0 Å². The summed E-state index contributed by atoms with van der Waals surface area (Å²) in [6.45, 7) is 8.49. The predicted octanol–water partition coefficient (Wildman–Crippen LogP) is 0.978. The Hall–Kier alpha value is -0.410. The van der Waals surface area contributed by atoms with E-state index >= 15 is 0 Å². The van der Waals surface area contributed by atoms with E-state index in [2.05, 4.69) is 5.32 Å². The maximum atomic E-state index is 11.1. The Bertz CT molecular complexity index is 118. The van der Waals surface area contributed by atoms with Gasteiger partial charge in [-0.25, -0.2) is 0 Å². The normalized spacial score (nSPS) is 11.2. The molecule has 0 aliphatic carbocycles. The van der Waals surface area contributed by atoms with Crippen LogP contribution in [0.3, 0.4) is 0 Å². The van der Waals surface area contributed by atoms with E-state index in [1.54, 1.807) is 0 Å². The Kier molecular flexibility index (Phi) is 5.93. The third-order valence-corrected chi connectivity index (χ3v) is 1.29. The molecule has 0 saturated heterocycles. The summed E-state index contributed by atoms with van der Waals surface area (Å²) >= 11 is 0. The second-order valence-corrected chi connectivity index (χ2v) is 3.43. The van der Waals surface area contributed by atoms with Crippen LogP contribution in [0.4, 0.5) is 0 Å². The molecule has 0 rings (SSSR count). The lowest BCUT2D eigenvalue weighted by Crippen LogP contribution is -2.31. The first-order valence-corrected chi connectivity index (χ1v) is 4.39. The summed E-state index contributed by atoms with van der Waals surface area (Å²) in [5.41, 5.74) is 0. The van der Waals surface area contributed by atoms with Gasteiger partial charge >= 0.3 is 0 Å². The smallest absolute Gasteiger partial charge is 0.172 e. The zero-order valence-corrected chi connectivity index (χ0v) is 8.39. The Morgan fingerprint density at radius 1 is 1.33 bits per heavy atom. The molecule has 0 fully saturated rings. The number of ketones is 1. The van der Waals surface area contributed by atoms with Crippen molar-refractivity contribution in [2.75, 3.05) is 13.2 Å². The van der Waals surface area contributed by atoms with Gasteiger partial charge in [-0.2, -0.15) is 0 Å². The number of nitrogens with one attached hydrogen (secondary N) is 1. The number of rotatable bonds is 6. The summed E-state index contributed by atoms with van der Waals surface area (Å²) in [6.07, 6.45) is 0.132. The highest BCUT2D eigenvalue weighted by Gasteiger charge is 2.03. The molecule has 0 amide bonds. The Balaban J connectivity index is 3.34. The Morgan fingerprint density at radius 2 is 1.92 bits per heavy atom. The van der Waals surface area contributed by atoms with Crippen LogP contribution in [-0.2, 0) is 9.53 Å². The lowest BCUT2D eigenvalue weighted by molar-refractivity contribution is -0.124. The van der Waals surface area contributed by atoms with Gasteiger partial charge in [0.1, 0.15) is 6.61 Å². The first kappa shape index (κ1) is 11.6. The molecule has 0 unspecified atom stereocenters. The van der Waals surface area contributed by atoms with Gasteiger partial charge in [-0.1, -0.05) is 13.8 Å². The molecule has 12 heavy (non-hydrogen) atoms. The van der Waals surface area contributed by atoms with Crippen LogP contribution < -0.4 is 5.32 Å². The highest BCUT2D eigenvalue weighted by molar-refractivity contribution is 5.81. The minimum absolute atomic E-state index is 0.109. The van der Waals surface area contributed by atoms with Crippen molar-refractivity contribution in [2.45, 2.75) is 39.8 Å². The predicted molar refractivity (Wildman–Crippen MR) is 49.2 cm³/mol. The van der Waals surface area contributed by atoms with Crippen molar-refractivity contribution >= 4 is 5.78 Å². The van der Waals surface area contributed by atoms with Crippen LogP contribution in [0, 0.1) is 0 Å². The summed E-state index contributed by atoms with van der Waals surface area (Å²) in [4.78, 5) is 11.1. The zero-order chi connectivity index (χ0) is 9.56. The quantitative estimate of drug-likeness (QED) is 0.650. The van der Waals surface area contributed by atoms with E-state index in [1.807, 2.05) is 27.7 Å². The number of ether oxygens (including phenoxy) is 1. The largest absolute Gasteiger partial charge is 0.371 e. The van der Waals surface area contributed by atoms with Crippen LogP contribution in [-0.4, -0.2) is 31.1 Å². The molecular weight excluding hydrogens is 154 g/mol. The second-order valence-electron chi connectivity index (χ2n) is 3.43. The van der Waals surface area contributed by atoms with Gasteiger partial charge in [-0.05, 0) is 13.8 Å². The van der Waals surface area contributed by atoms with E-state index in [0.717, 1.165) is 0 Å². The molecule has 1 N–H and O–H groups in total. The monoisotopic (exact) mass is 173 g/mol. The van der Waals surface area contributed by atoms with Gasteiger partial charge in [0.25, 0.3) is 0 Å². The van der Waals surface area contributed by atoms with Gasteiger partial charge < -0.3 is 10.1 Å². The molecule has 3 heteroatoms. The summed E-state index contributed by atoms with van der Waals surface area (Å²) in [6, 6.07) is 0.355. The molecule has 0 atom stereocenters. The highest BCUT2D eigenvalue weighted by atomic mass is 16.5. The van der Waals surface area contributed by atoms with E-state index < -0.39 is 0 Å². The van der Waals surface area contributed by atoms with Gasteiger partial charge in [-0.3, -0.25) is 4.79 Å². The number of carbonyl (C=O) groups is 1. The number of Topliss-reactive ketones (excluding diaryl/α,β-unsaturated/α-hetero) is 1. The fraction of sp³-hybridized carbons (Fsp3) is 0.889. The van der Waals surface area contributed by atoms with Crippen molar-refractivity contribution in [1.29, 1.82) is 0 Å². The Morgan fingerprint density at radius 3 is 2.33 bits per heavy atom. The number of hydrogen-bond acceptors (Lipinski definition) is 3. The highest BCUT2D eigenvalue weighted by Crippen LogP contribution is 1.87. The first-order valence-electron chi connectivity index (χ1n) is 4.39. The van der Waals surface area contributed by atoms with Crippen LogP contribution in [0.2, 0.25) is 0 Å². The summed E-state index contributed by atoms with van der Waals surface area (Å²) in [5, 5.41) is 3.04. The molecule has 0 bridgehead atoms. The molecule has 0 aromatic rings. The molecule has 0 aromatic heterocycles. The van der Waals surface area contributed by atoms with Gasteiger partial charge in [0.2, 0.25) is 0 Å². The Labute approximate surface area is 74.5 Å². The molecule has 0 radical (unpaired) electrons. The minimum atomic E-state index is 0.109. The van der Waals surface area contributed by atoms with Gasteiger partial charge in [0, 0.05) is 6.04 Å². The topological polar surface area (TPSA) is 38.3 Å². The standard InChI is InChI=1S/C9H19NO2/c1-7(2)10-5-9(11)6-12-8(3)4/h7-8,10H,5-6H2,1-4H3. The van der Waals surface area contributed by atoms with E-state index in [0.29, 0.717) is 12.6 Å². The molecule has 0 aliphatic rings. The fourth-order valence-corrected chi connectivity index (χ4v) is 0.629. The third-order valence-electron chi connectivity index (χ3n) is 1.29. The summed E-state index contributed by atoms with van der Waals surface area (Å²) in [7, 11) is 0. The number of carbonyl (C=O) groups excluding carboxylic acids is 1. The van der Waals surface area contributed by atoms with Crippen molar-refractivity contribution < 1.29 is 9.53 Å². The van der Waals surface area contributed by atoms with Crippen molar-refractivity contribution in [1.82, 2.24) is 5.32 Å². The van der Waals surface area contributed by atoms with Gasteiger partial charge in [0.05, 0.1) is 12.6 Å². The molecule has 0 saturated carbocycles. The lowest BCUT2D eigenvalue weighted by Gasteiger charge is -2.09. The third kappa shape index (κ3) is 7.69. The van der Waals surface area contributed by atoms with E-state index in [9.17, 15) is 4.79 Å². The molecular formula is C9H19NO2. The molecule has 72 valence electrons. The van der Waals surface area contributed by atoms with Gasteiger partial charge in [-0.15, -0.1) is 0 Å². The van der Waals surface area contributed by atoms with Crippen molar-refractivity contribution in [3.63, 3.8) is 0 Å². The van der Waals surface area contributed by atoms with Crippen molar-refractivity contribution in [2.24, 2.45) is 0 Å². The molecule has 0 aliphatic heterocycles. The summed E-state index contributed by atoms with van der Waals surface area (Å²) in [5.74, 6) is 0.109. The van der Waals surface area contributed by atoms with Crippen LogP contribution in [0.15, 0.2) is 0 Å². The fourth-order valence-electron chi connectivity index (χ4n) is 0.629. The molecule has 0 heterocycles. The zero-order valence-electron chi connectivity index (χ0n) is 8.39. The first-order chi connectivity index (χ1) is 5.52. The molecule has 3 nitrogen and oxygen atoms in total. The van der Waals surface area contributed by atoms with Crippen LogP contribution >= 0.6 is 0 Å². The van der Waals surface area contributed by atoms with Crippen LogP contribution in [0.5, 0.6) is 0 Å². The number of hydrogen-bond donors (Lipinski definition) is 1. The average Bonchev–Trinajstić information content (AvgIpc) is 1.96. The minimum Gasteiger partial charge on any atom is -0.371 e. The van der Waals surface area contributed by atoms with Crippen LogP contribution in [0.25, 0.3) is 0 Å². The van der Waals surface area contributed by atoms with Crippen molar-refractivity contribution in [3.8, 4) is 0 Å². The van der Waals surface area contributed by atoms with Crippen molar-refractivity contribution in [3.05, 3.63) is 0 Å². The lowest BCUT2D eigenvalue weighted by atomic mass is 10.3.